The van der Waals surface area contributed by atoms with Gasteiger partial charge in [0.15, 0.2) is 0 Å². The fourth-order valence-corrected chi connectivity index (χ4v) is 5.95. The van der Waals surface area contributed by atoms with Crippen molar-refractivity contribution in [3.05, 3.63) is 70.4 Å². The molecule has 2 amide bonds. The second kappa shape index (κ2) is 9.22. The van der Waals surface area contributed by atoms with E-state index in [0.717, 1.165) is 45.3 Å². The Morgan fingerprint density at radius 3 is 2.70 bits per heavy atom. The molecule has 0 saturated carbocycles. The lowest BCUT2D eigenvalue weighted by molar-refractivity contribution is 0.191. The van der Waals surface area contributed by atoms with Crippen LogP contribution in [0.15, 0.2) is 42.5 Å². The summed E-state index contributed by atoms with van der Waals surface area (Å²) in [7, 11) is 0. The largest absolute Gasteiger partial charge is 0.358 e. The summed E-state index contributed by atoms with van der Waals surface area (Å²) in [5.41, 5.74) is 8.38. The Balaban J connectivity index is 1.38. The second-order valence-electron chi connectivity index (χ2n) is 9.66. The number of fused-ring (bicyclic) bond motifs is 2. The van der Waals surface area contributed by atoms with Crippen molar-refractivity contribution in [2.24, 2.45) is 0 Å². The van der Waals surface area contributed by atoms with Crippen molar-refractivity contribution in [3.63, 3.8) is 0 Å². The topological polar surface area (TPSA) is 60.2 Å². The summed E-state index contributed by atoms with van der Waals surface area (Å²) < 4.78 is 0. The zero-order valence-electron chi connectivity index (χ0n) is 20.1. The minimum absolute atomic E-state index is 0.0556. The number of rotatable bonds is 6. The molecule has 1 aliphatic carbocycles. The van der Waals surface area contributed by atoms with Crippen LogP contribution in [-0.2, 0) is 19.3 Å². The lowest BCUT2D eigenvalue weighted by Gasteiger charge is -2.41. The minimum atomic E-state index is 0.0556. The molecule has 5 rings (SSSR count). The van der Waals surface area contributed by atoms with Crippen molar-refractivity contribution in [1.29, 1.82) is 0 Å². The number of urea groups is 1. The van der Waals surface area contributed by atoms with E-state index in [2.05, 4.69) is 65.0 Å². The Morgan fingerprint density at radius 1 is 1.09 bits per heavy atom. The summed E-state index contributed by atoms with van der Waals surface area (Å²) in [6.45, 7) is 8.59. The molecular weight excluding hydrogens is 408 g/mol. The molecule has 3 N–H and O–H groups in total. The van der Waals surface area contributed by atoms with Gasteiger partial charge in [-0.15, -0.1) is 0 Å². The number of carbonyl (C=O) groups is 1. The highest BCUT2D eigenvalue weighted by Crippen LogP contribution is 2.42. The predicted molar refractivity (Wildman–Crippen MR) is 135 cm³/mol. The number of nitrogens with zero attached hydrogens (tertiary/aromatic N) is 1. The Bertz CT molecular complexity index is 1150. The van der Waals surface area contributed by atoms with Crippen LogP contribution in [-0.4, -0.2) is 47.6 Å². The van der Waals surface area contributed by atoms with E-state index >= 15 is 0 Å². The summed E-state index contributed by atoms with van der Waals surface area (Å²) in [5, 5.41) is 8.49. The zero-order chi connectivity index (χ0) is 22.9. The van der Waals surface area contributed by atoms with Gasteiger partial charge in [-0.05, 0) is 74.8 Å². The summed E-state index contributed by atoms with van der Waals surface area (Å²) >= 11 is 0. The maximum Gasteiger partial charge on any atom is 0.317 e. The van der Waals surface area contributed by atoms with Crippen LogP contribution in [0.25, 0.3) is 10.9 Å². The number of amides is 2. The van der Waals surface area contributed by atoms with E-state index in [4.69, 9.17) is 0 Å². The molecule has 1 aliphatic heterocycles. The number of aryl methyl sites for hydroxylation is 3. The average molecular weight is 445 g/mol. The quantitative estimate of drug-likeness (QED) is 0.517. The van der Waals surface area contributed by atoms with Gasteiger partial charge in [0.25, 0.3) is 0 Å². The van der Waals surface area contributed by atoms with Crippen molar-refractivity contribution in [1.82, 2.24) is 20.5 Å². The van der Waals surface area contributed by atoms with E-state index in [0.29, 0.717) is 12.0 Å². The SMILES string of the molecule is CCN(CC)C(=O)N[C@@H]1CN[C@@H]2Cc3c(CCc4ccccc4C)[nH]c4cccc(c34)C2C1. The van der Waals surface area contributed by atoms with Gasteiger partial charge >= 0.3 is 6.03 Å². The third-order valence-electron chi connectivity index (χ3n) is 7.81. The van der Waals surface area contributed by atoms with Crippen LogP contribution in [0.3, 0.4) is 0 Å². The summed E-state index contributed by atoms with van der Waals surface area (Å²) in [6.07, 6.45) is 4.14. The molecule has 174 valence electrons. The number of aromatic nitrogens is 1. The van der Waals surface area contributed by atoms with E-state index in [1.54, 1.807) is 0 Å². The van der Waals surface area contributed by atoms with E-state index in [1.165, 1.54) is 38.9 Å². The first-order chi connectivity index (χ1) is 16.1. The van der Waals surface area contributed by atoms with Crippen molar-refractivity contribution < 1.29 is 4.79 Å². The first kappa shape index (κ1) is 22.0. The highest BCUT2D eigenvalue weighted by Gasteiger charge is 2.38. The predicted octanol–water partition coefficient (Wildman–Crippen LogP) is 4.68. The molecule has 0 bridgehead atoms. The summed E-state index contributed by atoms with van der Waals surface area (Å²) in [5.74, 6) is 0.428. The van der Waals surface area contributed by atoms with Crippen molar-refractivity contribution in [2.45, 2.75) is 64.5 Å². The maximum absolute atomic E-state index is 12.6. The number of piperidine rings is 1. The molecule has 5 heteroatoms. The van der Waals surface area contributed by atoms with E-state index in [1.807, 2.05) is 18.7 Å². The van der Waals surface area contributed by atoms with Gasteiger partial charge in [-0.25, -0.2) is 4.79 Å². The highest BCUT2D eigenvalue weighted by atomic mass is 16.2. The minimum Gasteiger partial charge on any atom is -0.358 e. The Hall–Kier alpha value is -2.79. The van der Waals surface area contributed by atoms with Crippen LogP contribution >= 0.6 is 0 Å². The van der Waals surface area contributed by atoms with Crippen LogP contribution in [0.1, 0.15) is 54.1 Å². The van der Waals surface area contributed by atoms with E-state index in [-0.39, 0.29) is 12.1 Å². The van der Waals surface area contributed by atoms with E-state index in [9.17, 15) is 4.79 Å². The molecule has 1 fully saturated rings. The van der Waals surface area contributed by atoms with Gasteiger partial charge in [0.2, 0.25) is 0 Å². The summed E-state index contributed by atoms with van der Waals surface area (Å²) in [6, 6.07) is 16.1. The molecule has 2 heterocycles. The molecule has 3 atom stereocenters. The van der Waals surface area contributed by atoms with Crippen LogP contribution in [0.5, 0.6) is 0 Å². The fourth-order valence-electron chi connectivity index (χ4n) is 5.95. The lowest BCUT2D eigenvalue weighted by Crippen LogP contribution is -2.56. The first-order valence-corrected chi connectivity index (χ1v) is 12.5. The number of hydrogen-bond donors (Lipinski definition) is 3. The Morgan fingerprint density at radius 2 is 1.91 bits per heavy atom. The third kappa shape index (κ3) is 4.15. The molecule has 1 saturated heterocycles. The molecule has 33 heavy (non-hydrogen) atoms. The zero-order valence-corrected chi connectivity index (χ0v) is 20.1. The summed E-state index contributed by atoms with van der Waals surface area (Å²) in [4.78, 5) is 18.2. The number of nitrogens with one attached hydrogen (secondary N) is 3. The number of hydrogen-bond acceptors (Lipinski definition) is 2. The number of carbonyl (C=O) groups excluding carboxylic acids is 1. The smallest absolute Gasteiger partial charge is 0.317 e. The van der Waals surface area contributed by atoms with Gasteiger partial charge in [0.1, 0.15) is 0 Å². The molecule has 2 aromatic carbocycles. The van der Waals surface area contributed by atoms with Crippen LogP contribution in [0.2, 0.25) is 0 Å². The third-order valence-corrected chi connectivity index (χ3v) is 7.81. The normalized spacial score (nSPS) is 21.6. The average Bonchev–Trinajstić information content (AvgIpc) is 3.18. The fraction of sp³-hybridized carbons (Fsp3) is 0.464. The number of aromatic amines is 1. The number of H-pyrrole nitrogens is 1. The molecule has 5 nitrogen and oxygen atoms in total. The molecule has 1 unspecified atom stereocenters. The van der Waals surface area contributed by atoms with Crippen LogP contribution < -0.4 is 10.6 Å². The van der Waals surface area contributed by atoms with Crippen LogP contribution in [0.4, 0.5) is 4.79 Å². The highest BCUT2D eigenvalue weighted by molar-refractivity contribution is 5.89. The first-order valence-electron chi connectivity index (χ1n) is 12.5. The van der Waals surface area contributed by atoms with Gasteiger partial charge in [-0.1, -0.05) is 36.4 Å². The molecule has 2 aliphatic rings. The van der Waals surface area contributed by atoms with Crippen LogP contribution in [0, 0.1) is 6.92 Å². The van der Waals surface area contributed by atoms with Gasteiger partial charge in [-0.2, -0.15) is 0 Å². The molecule has 1 aromatic heterocycles. The van der Waals surface area contributed by atoms with Gasteiger partial charge < -0.3 is 20.5 Å². The Labute approximate surface area is 196 Å². The molecule has 0 radical (unpaired) electrons. The second-order valence-corrected chi connectivity index (χ2v) is 9.66. The van der Waals surface area contributed by atoms with E-state index < -0.39 is 0 Å². The number of benzene rings is 2. The molecule has 0 spiro atoms. The molecule has 3 aromatic rings. The molecular formula is C28H36N4O. The lowest BCUT2D eigenvalue weighted by atomic mass is 9.74. The van der Waals surface area contributed by atoms with Gasteiger partial charge in [-0.3, -0.25) is 0 Å². The van der Waals surface area contributed by atoms with Gasteiger partial charge in [0.05, 0.1) is 0 Å². The monoisotopic (exact) mass is 444 g/mol. The van der Waals surface area contributed by atoms with Gasteiger partial charge in [0, 0.05) is 54.2 Å². The van der Waals surface area contributed by atoms with Crippen molar-refractivity contribution in [2.75, 3.05) is 19.6 Å². The van der Waals surface area contributed by atoms with Crippen molar-refractivity contribution >= 4 is 16.9 Å². The van der Waals surface area contributed by atoms with Crippen molar-refractivity contribution in [3.8, 4) is 0 Å². The standard InChI is InChI=1S/C28H36N4O/c1-4-32(5-2)28(33)30-20-15-22-21-11-8-12-25-27(21)23(16-26(22)29-17-20)24(31-25)14-13-19-10-7-6-9-18(19)3/h6-12,20,22,26,29,31H,4-5,13-17H2,1-3H3,(H,30,33)/t20-,22?,26+/m0/s1. The Kier molecular flexibility index (Phi) is 6.15. The maximum atomic E-state index is 12.6.